The Morgan fingerprint density at radius 3 is 2.55 bits per heavy atom. The van der Waals surface area contributed by atoms with Crippen LogP contribution in [0.15, 0.2) is 17.5 Å². The smallest absolute Gasteiger partial charge is 0.227 e. The Labute approximate surface area is 141 Å². The fraction of sp³-hybridized carbons (Fsp3) is 0.375. The monoisotopic (exact) mass is 339 g/mol. The first-order valence-corrected chi connectivity index (χ1v) is 7.87. The summed E-state index contributed by atoms with van der Waals surface area (Å²) in [6, 6.07) is 4.33. The van der Waals surface area contributed by atoms with Gasteiger partial charge in [0.25, 0.3) is 0 Å². The highest BCUT2D eigenvalue weighted by atomic mass is 35.5. The van der Waals surface area contributed by atoms with Crippen LogP contribution in [0.5, 0.6) is 0 Å². The molecule has 0 aliphatic heterocycles. The molecule has 0 aliphatic rings. The molecule has 0 unspecified atom stereocenters. The van der Waals surface area contributed by atoms with Gasteiger partial charge in [0.15, 0.2) is 5.13 Å². The van der Waals surface area contributed by atoms with Gasteiger partial charge in [-0.25, -0.2) is 4.98 Å². The van der Waals surface area contributed by atoms with E-state index in [4.69, 9.17) is 0 Å². The number of amides is 1. The lowest BCUT2D eigenvalue weighted by Crippen LogP contribution is -2.18. The number of aromatic nitrogens is 1. The second-order valence-corrected chi connectivity index (χ2v) is 6.05. The maximum Gasteiger partial charge on any atom is 0.227 e. The van der Waals surface area contributed by atoms with Crippen molar-refractivity contribution in [1.29, 1.82) is 0 Å². The Morgan fingerprint density at radius 2 is 1.86 bits per heavy atom. The minimum absolute atomic E-state index is 0. The summed E-state index contributed by atoms with van der Waals surface area (Å²) in [5.41, 5.74) is 5.79. The Balaban J connectivity index is 0.00000242. The van der Waals surface area contributed by atoms with Crippen molar-refractivity contribution < 1.29 is 4.79 Å². The number of hydrogen-bond donors (Lipinski definition) is 2. The summed E-state index contributed by atoms with van der Waals surface area (Å²) in [5, 5.41) is 8.44. The van der Waals surface area contributed by atoms with Crippen molar-refractivity contribution in [1.82, 2.24) is 10.3 Å². The number of carbonyl (C=O) groups is 1. The van der Waals surface area contributed by atoms with Crippen LogP contribution in [-0.4, -0.2) is 24.5 Å². The molecule has 2 N–H and O–H groups in total. The van der Waals surface area contributed by atoms with E-state index in [1.165, 1.54) is 28.0 Å². The topological polar surface area (TPSA) is 54.0 Å². The molecule has 1 aromatic heterocycles. The molecule has 2 rings (SSSR count). The lowest BCUT2D eigenvalue weighted by Gasteiger charge is -2.07. The quantitative estimate of drug-likeness (QED) is 0.873. The van der Waals surface area contributed by atoms with Gasteiger partial charge in [-0.2, -0.15) is 0 Å². The van der Waals surface area contributed by atoms with E-state index in [0.717, 1.165) is 11.3 Å². The summed E-state index contributed by atoms with van der Waals surface area (Å²) in [6.07, 6.45) is 0.452. The minimum Gasteiger partial charge on any atom is -0.319 e. The highest BCUT2D eigenvalue weighted by Crippen LogP contribution is 2.29. The number of benzene rings is 1. The Kier molecular flexibility index (Phi) is 7.00. The van der Waals surface area contributed by atoms with E-state index >= 15 is 0 Å². The van der Waals surface area contributed by atoms with Gasteiger partial charge in [-0.1, -0.05) is 6.07 Å². The number of anilines is 1. The van der Waals surface area contributed by atoms with E-state index in [1.807, 2.05) is 12.4 Å². The summed E-state index contributed by atoms with van der Waals surface area (Å²) >= 11 is 1.46. The summed E-state index contributed by atoms with van der Waals surface area (Å²) in [6.45, 7) is 6.97. The Hall–Kier alpha value is -1.43. The molecule has 0 fully saturated rings. The third-order valence-corrected chi connectivity index (χ3v) is 4.23. The lowest BCUT2D eigenvalue weighted by molar-refractivity contribution is -0.116. The third-order valence-electron chi connectivity index (χ3n) is 3.47. The van der Waals surface area contributed by atoms with Gasteiger partial charge in [-0.15, -0.1) is 23.7 Å². The average Bonchev–Trinajstić information content (AvgIpc) is 2.88. The highest BCUT2D eigenvalue weighted by Gasteiger charge is 2.10. The van der Waals surface area contributed by atoms with E-state index in [2.05, 4.69) is 48.5 Å². The van der Waals surface area contributed by atoms with Gasteiger partial charge in [0.05, 0.1) is 5.69 Å². The molecule has 0 spiro atoms. The van der Waals surface area contributed by atoms with Crippen LogP contribution in [0.25, 0.3) is 11.3 Å². The van der Waals surface area contributed by atoms with E-state index in [-0.39, 0.29) is 18.3 Å². The van der Waals surface area contributed by atoms with Crippen molar-refractivity contribution in [2.45, 2.75) is 27.2 Å². The number of thiazole rings is 1. The Bertz CT molecular complexity index is 655. The van der Waals surface area contributed by atoms with Crippen LogP contribution in [0.1, 0.15) is 23.1 Å². The third kappa shape index (κ3) is 4.53. The van der Waals surface area contributed by atoms with Crippen LogP contribution in [0.3, 0.4) is 0 Å². The first kappa shape index (κ1) is 18.6. The van der Waals surface area contributed by atoms with Crippen LogP contribution >= 0.6 is 23.7 Å². The minimum atomic E-state index is -0.0120. The fourth-order valence-corrected chi connectivity index (χ4v) is 2.84. The van der Waals surface area contributed by atoms with E-state index in [1.54, 1.807) is 0 Å². The van der Waals surface area contributed by atoms with Crippen LogP contribution in [0.2, 0.25) is 0 Å². The lowest BCUT2D eigenvalue weighted by atomic mass is 9.99. The van der Waals surface area contributed by atoms with Gasteiger partial charge in [0, 0.05) is 23.9 Å². The van der Waals surface area contributed by atoms with Crippen LogP contribution in [0.4, 0.5) is 5.13 Å². The van der Waals surface area contributed by atoms with Crippen molar-refractivity contribution in [2.75, 3.05) is 18.9 Å². The fourth-order valence-electron chi connectivity index (χ4n) is 2.11. The van der Waals surface area contributed by atoms with E-state index in [9.17, 15) is 4.79 Å². The van der Waals surface area contributed by atoms with Gasteiger partial charge in [0.2, 0.25) is 5.91 Å². The molecule has 0 radical (unpaired) electrons. The van der Waals surface area contributed by atoms with Crippen molar-refractivity contribution >= 4 is 34.8 Å². The van der Waals surface area contributed by atoms with Crippen LogP contribution in [-0.2, 0) is 4.79 Å². The molecule has 1 heterocycles. The number of halogens is 1. The molecule has 4 nitrogen and oxygen atoms in total. The van der Waals surface area contributed by atoms with Gasteiger partial charge in [-0.05, 0) is 50.6 Å². The SMILES string of the molecule is CNCCC(=O)Nc1nc(-c2cc(C)c(C)cc2C)cs1.Cl. The van der Waals surface area contributed by atoms with Crippen LogP contribution in [0, 0.1) is 20.8 Å². The van der Waals surface area contributed by atoms with Crippen molar-refractivity contribution in [2.24, 2.45) is 0 Å². The largest absolute Gasteiger partial charge is 0.319 e. The zero-order valence-electron chi connectivity index (χ0n) is 13.3. The summed E-state index contributed by atoms with van der Waals surface area (Å²) in [5.74, 6) is -0.0120. The van der Waals surface area contributed by atoms with E-state index in [0.29, 0.717) is 18.1 Å². The maximum absolute atomic E-state index is 11.7. The summed E-state index contributed by atoms with van der Waals surface area (Å²) < 4.78 is 0. The van der Waals surface area contributed by atoms with Gasteiger partial charge < -0.3 is 10.6 Å². The molecule has 1 aromatic carbocycles. The van der Waals surface area contributed by atoms with Crippen molar-refractivity contribution in [3.8, 4) is 11.3 Å². The number of aryl methyl sites for hydroxylation is 3. The second-order valence-electron chi connectivity index (χ2n) is 5.19. The predicted molar refractivity (Wildman–Crippen MR) is 96.2 cm³/mol. The van der Waals surface area contributed by atoms with Gasteiger partial charge >= 0.3 is 0 Å². The predicted octanol–water partition coefficient (Wildman–Crippen LogP) is 3.71. The molecule has 0 saturated heterocycles. The number of hydrogen-bond acceptors (Lipinski definition) is 4. The number of nitrogens with zero attached hydrogens (tertiary/aromatic N) is 1. The maximum atomic E-state index is 11.7. The zero-order valence-corrected chi connectivity index (χ0v) is 15.0. The molecule has 1 amide bonds. The van der Waals surface area contributed by atoms with Crippen LogP contribution < -0.4 is 10.6 Å². The highest BCUT2D eigenvalue weighted by molar-refractivity contribution is 7.14. The number of carbonyl (C=O) groups excluding carboxylic acids is 1. The molecule has 22 heavy (non-hydrogen) atoms. The normalized spacial score (nSPS) is 10.2. The molecule has 120 valence electrons. The molecular weight excluding hydrogens is 318 g/mol. The first-order chi connectivity index (χ1) is 10.0. The zero-order chi connectivity index (χ0) is 15.4. The Morgan fingerprint density at radius 1 is 1.18 bits per heavy atom. The summed E-state index contributed by atoms with van der Waals surface area (Å²) in [4.78, 5) is 16.2. The number of rotatable bonds is 5. The van der Waals surface area contributed by atoms with E-state index < -0.39 is 0 Å². The molecule has 2 aromatic rings. The molecule has 0 atom stereocenters. The van der Waals surface area contributed by atoms with Crippen molar-refractivity contribution in [3.05, 3.63) is 34.2 Å². The molecule has 0 bridgehead atoms. The van der Waals surface area contributed by atoms with Gasteiger partial charge in [-0.3, -0.25) is 4.79 Å². The number of nitrogens with one attached hydrogen (secondary N) is 2. The average molecular weight is 340 g/mol. The molecule has 0 saturated carbocycles. The first-order valence-electron chi connectivity index (χ1n) is 6.99. The molecule has 0 aliphatic carbocycles. The second kappa shape index (κ2) is 8.27. The summed E-state index contributed by atoms with van der Waals surface area (Å²) in [7, 11) is 1.83. The van der Waals surface area contributed by atoms with Crippen molar-refractivity contribution in [3.63, 3.8) is 0 Å². The molecular formula is C16H22ClN3OS. The van der Waals surface area contributed by atoms with Gasteiger partial charge in [0.1, 0.15) is 0 Å². The molecule has 6 heteroatoms. The standard InChI is InChI=1S/C16H21N3OS.ClH/c1-10-7-12(3)13(8-11(10)2)14-9-21-16(18-14)19-15(20)5-6-17-4;/h7-9,17H,5-6H2,1-4H3,(H,18,19,20);1H.